The van der Waals surface area contributed by atoms with Crippen LogP contribution in [0.4, 0.5) is 0 Å². The van der Waals surface area contributed by atoms with Gasteiger partial charge in [0.05, 0.1) is 12.6 Å². The van der Waals surface area contributed by atoms with Crippen LogP contribution < -0.4 is 0 Å². The Morgan fingerprint density at radius 2 is 2.31 bits per heavy atom. The van der Waals surface area contributed by atoms with Crippen LogP contribution in [0, 0.1) is 4.77 Å². The first kappa shape index (κ1) is 10.1. The van der Waals surface area contributed by atoms with Gasteiger partial charge in [-0.15, -0.1) is 0 Å². The van der Waals surface area contributed by atoms with Crippen LogP contribution >= 0.6 is 12.2 Å². The van der Waals surface area contributed by atoms with Crippen molar-refractivity contribution in [3.63, 3.8) is 0 Å². The maximum absolute atomic E-state index is 11.6. The summed E-state index contributed by atoms with van der Waals surface area (Å²) in [5, 5.41) is 7.74. The summed E-state index contributed by atoms with van der Waals surface area (Å²) in [6.45, 7) is 0.402. The summed E-state index contributed by atoms with van der Waals surface area (Å²) in [7, 11) is 1.71. The SMILES string of the molecule is Cn1nnn([C@@H]2CC(=O)[C@@H]3OC[C@H]2O3)c1=S. The van der Waals surface area contributed by atoms with Crippen molar-refractivity contribution in [3.8, 4) is 0 Å². The molecule has 0 aliphatic carbocycles. The van der Waals surface area contributed by atoms with E-state index in [-0.39, 0.29) is 17.9 Å². The highest BCUT2D eigenvalue weighted by Gasteiger charge is 2.44. The molecule has 2 aliphatic rings. The number of nitrogens with zero attached hydrogens (tertiary/aromatic N) is 4. The van der Waals surface area contributed by atoms with Crippen LogP contribution in [0.1, 0.15) is 12.5 Å². The van der Waals surface area contributed by atoms with E-state index in [1.54, 1.807) is 11.7 Å². The summed E-state index contributed by atoms with van der Waals surface area (Å²) in [5.41, 5.74) is 0. The normalized spacial score (nSPS) is 33.3. The molecule has 0 spiro atoms. The smallest absolute Gasteiger partial charge is 0.218 e. The minimum Gasteiger partial charge on any atom is -0.343 e. The number of aromatic nitrogens is 4. The Balaban J connectivity index is 1.98. The van der Waals surface area contributed by atoms with Crippen molar-refractivity contribution in [3.05, 3.63) is 4.77 Å². The molecule has 0 amide bonds. The van der Waals surface area contributed by atoms with Crippen molar-refractivity contribution in [1.82, 2.24) is 19.8 Å². The Kier molecular flexibility index (Phi) is 2.16. The summed E-state index contributed by atoms with van der Waals surface area (Å²) < 4.78 is 14.2. The van der Waals surface area contributed by atoms with E-state index in [9.17, 15) is 4.79 Å². The van der Waals surface area contributed by atoms with Gasteiger partial charge in [0, 0.05) is 13.5 Å². The molecule has 0 aromatic carbocycles. The van der Waals surface area contributed by atoms with E-state index in [4.69, 9.17) is 21.7 Å². The molecule has 86 valence electrons. The van der Waals surface area contributed by atoms with Crippen molar-refractivity contribution in [2.75, 3.05) is 6.61 Å². The third-order valence-electron chi connectivity index (χ3n) is 2.87. The molecule has 8 heteroatoms. The molecule has 2 bridgehead atoms. The van der Waals surface area contributed by atoms with Crippen molar-refractivity contribution < 1.29 is 14.3 Å². The van der Waals surface area contributed by atoms with Gasteiger partial charge in [-0.05, 0) is 22.6 Å². The molecule has 2 fully saturated rings. The fourth-order valence-electron chi connectivity index (χ4n) is 2.00. The lowest BCUT2D eigenvalue weighted by atomic mass is 10.0. The summed E-state index contributed by atoms with van der Waals surface area (Å²) in [6, 6.07) is -0.201. The van der Waals surface area contributed by atoms with Crippen LogP contribution in [0.25, 0.3) is 0 Å². The Morgan fingerprint density at radius 3 is 3.00 bits per heavy atom. The van der Waals surface area contributed by atoms with E-state index in [1.807, 2.05) is 0 Å². The van der Waals surface area contributed by atoms with Gasteiger partial charge in [-0.2, -0.15) is 0 Å². The molecule has 0 unspecified atom stereocenters. The maximum atomic E-state index is 11.6. The van der Waals surface area contributed by atoms with Gasteiger partial charge in [0.25, 0.3) is 0 Å². The number of hydrogen-bond acceptors (Lipinski definition) is 6. The van der Waals surface area contributed by atoms with Gasteiger partial charge in [-0.1, -0.05) is 0 Å². The molecule has 1 aromatic rings. The molecule has 3 atom stereocenters. The molecule has 2 saturated heterocycles. The first-order valence-corrected chi connectivity index (χ1v) is 5.36. The molecule has 0 saturated carbocycles. The number of ether oxygens (including phenoxy) is 2. The van der Waals surface area contributed by atoms with Crippen molar-refractivity contribution in [2.24, 2.45) is 7.05 Å². The Labute approximate surface area is 95.9 Å². The summed E-state index contributed by atoms with van der Waals surface area (Å²) >= 11 is 5.15. The van der Waals surface area contributed by atoms with E-state index in [2.05, 4.69) is 10.4 Å². The number of ketones is 1. The topological polar surface area (TPSA) is 71.2 Å². The number of aryl methyl sites for hydroxylation is 1. The average Bonchev–Trinajstić information content (AvgIpc) is 2.82. The van der Waals surface area contributed by atoms with Crippen LogP contribution in [-0.4, -0.2) is 44.6 Å². The molecule has 2 aliphatic heterocycles. The zero-order valence-corrected chi connectivity index (χ0v) is 9.38. The summed E-state index contributed by atoms with van der Waals surface area (Å²) in [6.07, 6.45) is -0.513. The number of carbonyl (C=O) groups excluding carboxylic acids is 1. The van der Waals surface area contributed by atoms with Crippen LogP contribution in [0.15, 0.2) is 0 Å². The van der Waals surface area contributed by atoms with Gasteiger partial charge < -0.3 is 9.47 Å². The Bertz CT molecular complexity index is 496. The minimum atomic E-state index is -0.688. The van der Waals surface area contributed by atoms with Gasteiger partial charge in [-0.25, -0.2) is 9.36 Å². The molecule has 0 N–H and O–H groups in total. The average molecular weight is 242 g/mol. The predicted octanol–water partition coefficient (Wildman–Crippen LogP) is -0.399. The molecule has 16 heavy (non-hydrogen) atoms. The molecule has 7 nitrogen and oxygen atoms in total. The molecular weight excluding hydrogens is 232 g/mol. The second-order valence-electron chi connectivity index (χ2n) is 3.91. The number of rotatable bonds is 1. The van der Waals surface area contributed by atoms with E-state index in [0.717, 1.165) is 0 Å². The lowest BCUT2D eigenvalue weighted by Gasteiger charge is -2.25. The van der Waals surface area contributed by atoms with Gasteiger partial charge >= 0.3 is 0 Å². The van der Waals surface area contributed by atoms with E-state index < -0.39 is 6.29 Å². The second-order valence-corrected chi connectivity index (χ2v) is 4.27. The minimum absolute atomic E-state index is 0.0636. The van der Waals surface area contributed by atoms with E-state index in [1.165, 1.54) is 4.68 Å². The molecule has 3 heterocycles. The molecule has 1 aromatic heterocycles. The fourth-order valence-corrected chi connectivity index (χ4v) is 2.21. The number of tetrazole rings is 1. The largest absolute Gasteiger partial charge is 0.343 e. The quantitative estimate of drug-likeness (QED) is 0.624. The fraction of sp³-hybridized carbons (Fsp3) is 0.750. The highest BCUT2D eigenvalue weighted by Crippen LogP contribution is 2.32. The van der Waals surface area contributed by atoms with Crippen molar-refractivity contribution in [1.29, 1.82) is 0 Å². The lowest BCUT2D eigenvalue weighted by molar-refractivity contribution is -0.156. The molecule has 0 radical (unpaired) electrons. The first-order chi connectivity index (χ1) is 7.66. The Hall–Kier alpha value is -1.12. The summed E-state index contributed by atoms with van der Waals surface area (Å²) in [4.78, 5) is 11.6. The van der Waals surface area contributed by atoms with Gasteiger partial charge in [-0.3, -0.25) is 4.79 Å². The van der Waals surface area contributed by atoms with E-state index >= 15 is 0 Å². The number of hydrogen-bond donors (Lipinski definition) is 0. The second kappa shape index (κ2) is 3.44. The van der Waals surface area contributed by atoms with Crippen LogP contribution in [0.3, 0.4) is 0 Å². The zero-order valence-electron chi connectivity index (χ0n) is 8.57. The van der Waals surface area contributed by atoms with E-state index in [0.29, 0.717) is 17.8 Å². The van der Waals surface area contributed by atoms with Crippen molar-refractivity contribution >= 4 is 18.0 Å². The molecular formula is C8H10N4O3S. The zero-order chi connectivity index (χ0) is 11.3. The molecule has 3 rings (SSSR count). The van der Waals surface area contributed by atoms with Crippen LogP contribution in [0.5, 0.6) is 0 Å². The highest BCUT2D eigenvalue weighted by atomic mass is 32.1. The third-order valence-corrected chi connectivity index (χ3v) is 3.32. The third kappa shape index (κ3) is 1.34. The van der Waals surface area contributed by atoms with Gasteiger partial charge in [0.2, 0.25) is 11.1 Å². The lowest BCUT2D eigenvalue weighted by Crippen LogP contribution is -2.37. The van der Waals surface area contributed by atoms with Gasteiger partial charge in [0.1, 0.15) is 6.10 Å². The predicted molar refractivity (Wildman–Crippen MR) is 53.1 cm³/mol. The monoisotopic (exact) mass is 242 g/mol. The number of carbonyl (C=O) groups is 1. The maximum Gasteiger partial charge on any atom is 0.218 e. The Morgan fingerprint density at radius 1 is 1.50 bits per heavy atom. The van der Waals surface area contributed by atoms with Crippen LogP contribution in [-0.2, 0) is 21.3 Å². The van der Waals surface area contributed by atoms with Crippen LogP contribution in [0.2, 0.25) is 0 Å². The highest BCUT2D eigenvalue weighted by molar-refractivity contribution is 7.71. The number of fused-ring (bicyclic) bond motifs is 2. The first-order valence-electron chi connectivity index (χ1n) is 4.95. The number of Topliss-reactive ketones (excluding diaryl/α,β-unsaturated/α-hetero) is 1. The van der Waals surface area contributed by atoms with Crippen molar-refractivity contribution in [2.45, 2.75) is 24.9 Å². The van der Waals surface area contributed by atoms with Gasteiger partial charge in [0.15, 0.2) is 5.78 Å². The standard InChI is InChI=1S/C8H10N4O3S/c1-11-8(16)12(10-9-11)4-2-5(13)7-14-3-6(4)15-7/h4,6-7H,2-3H2,1H3/t4-,6-,7-/m1/s1. The summed E-state index contributed by atoms with van der Waals surface area (Å²) in [5.74, 6) is -0.0636.